The third-order valence-electron chi connectivity index (χ3n) is 4.00. The zero-order valence-corrected chi connectivity index (χ0v) is 14.0. The van der Waals surface area contributed by atoms with Crippen molar-refractivity contribution in [2.24, 2.45) is 0 Å². The van der Waals surface area contributed by atoms with Gasteiger partial charge in [-0.25, -0.2) is 4.79 Å². The fraction of sp³-hybridized carbons (Fsp3) is 0.556. The Morgan fingerprint density at radius 2 is 1.74 bits per heavy atom. The Bertz CT molecular complexity index is 548. The smallest absolute Gasteiger partial charge is 0.344 e. The molecule has 0 aromatic heterocycles. The van der Waals surface area contributed by atoms with Gasteiger partial charge in [-0.3, -0.25) is 4.79 Å². The SMILES string of the molecule is Cc1ccc(C)c(OCC(=O)OCC(=O)N2CCCCCC2)c1. The van der Waals surface area contributed by atoms with Gasteiger partial charge in [-0.2, -0.15) is 0 Å². The molecule has 1 heterocycles. The zero-order chi connectivity index (χ0) is 16.7. The summed E-state index contributed by atoms with van der Waals surface area (Å²) in [5.74, 6) is 0.0295. The molecular weight excluding hydrogens is 294 g/mol. The van der Waals surface area contributed by atoms with Gasteiger partial charge >= 0.3 is 5.97 Å². The van der Waals surface area contributed by atoms with E-state index >= 15 is 0 Å². The second-order valence-corrected chi connectivity index (χ2v) is 6.01. The minimum absolute atomic E-state index is 0.119. The Balaban J connectivity index is 1.74. The van der Waals surface area contributed by atoms with Gasteiger partial charge in [0.05, 0.1) is 0 Å². The highest BCUT2D eigenvalue weighted by atomic mass is 16.6. The Labute approximate surface area is 137 Å². The van der Waals surface area contributed by atoms with Crippen molar-refractivity contribution in [2.45, 2.75) is 39.5 Å². The first-order valence-corrected chi connectivity index (χ1v) is 8.20. The van der Waals surface area contributed by atoms with Crippen LogP contribution in [0.25, 0.3) is 0 Å². The van der Waals surface area contributed by atoms with Crippen LogP contribution in [0, 0.1) is 13.8 Å². The van der Waals surface area contributed by atoms with E-state index in [1.54, 1.807) is 4.90 Å². The van der Waals surface area contributed by atoms with Crippen LogP contribution in [0.3, 0.4) is 0 Å². The molecule has 5 heteroatoms. The first-order valence-electron chi connectivity index (χ1n) is 8.20. The van der Waals surface area contributed by atoms with E-state index in [1.807, 2.05) is 32.0 Å². The topological polar surface area (TPSA) is 55.8 Å². The number of hydrogen-bond acceptors (Lipinski definition) is 4. The predicted molar refractivity (Wildman–Crippen MR) is 87.4 cm³/mol. The molecule has 0 spiro atoms. The van der Waals surface area contributed by atoms with Crippen LogP contribution in [0.2, 0.25) is 0 Å². The summed E-state index contributed by atoms with van der Waals surface area (Å²) in [6, 6.07) is 5.81. The highest BCUT2D eigenvalue weighted by Gasteiger charge is 2.17. The second-order valence-electron chi connectivity index (χ2n) is 6.01. The molecule has 1 saturated heterocycles. The molecule has 0 N–H and O–H groups in total. The third-order valence-corrected chi connectivity index (χ3v) is 4.00. The molecule has 0 unspecified atom stereocenters. The molecule has 1 aliphatic rings. The van der Waals surface area contributed by atoms with Crippen molar-refractivity contribution in [3.05, 3.63) is 29.3 Å². The van der Waals surface area contributed by atoms with E-state index in [0.717, 1.165) is 49.9 Å². The van der Waals surface area contributed by atoms with Crippen LogP contribution in [0.15, 0.2) is 18.2 Å². The first-order chi connectivity index (χ1) is 11.1. The molecule has 0 atom stereocenters. The van der Waals surface area contributed by atoms with Gasteiger partial charge in [-0.15, -0.1) is 0 Å². The van der Waals surface area contributed by atoms with Gasteiger partial charge in [0.25, 0.3) is 5.91 Å². The highest BCUT2D eigenvalue weighted by Crippen LogP contribution is 2.19. The van der Waals surface area contributed by atoms with Crippen molar-refractivity contribution < 1.29 is 19.1 Å². The van der Waals surface area contributed by atoms with Crippen molar-refractivity contribution in [2.75, 3.05) is 26.3 Å². The summed E-state index contributed by atoms with van der Waals surface area (Å²) in [5.41, 5.74) is 2.03. The number of nitrogens with zero attached hydrogens (tertiary/aromatic N) is 1. The fourth-order valence-corrected chi connectivity index (χ4v) is 2.59. The Morgan fingerprint density at radius 1 is 1.04 bits per heavy atom. The van der Waals surface area contributed by atoms with Gasteiger partial charge < -0.3 is 14.4 Å². The van der Waals surface area contributed by atoms with E-state index in [9.17, 15) is 9.59 Å². The quantitative estimate of drug-likeness (QED) is 0.783. The fourth-order valence-electron chi connectivity index (χ4n) is 2.59. The lowest BCUT2D eigenvalue weighted by Gasteiger charge is -2.20. The zero-order valence-electron chi connectivity index (χ0n) is 14.0. The summed E-state index contributed by atoms with van der Waals surface area (Å²) in [5, 5.41) is 0. The summed E-state index contributed by atoms with van der Waals surface area (Å²) >= 11 is 0. The van der Waals surface area contributed by atoms with Gasteiger partial charge in [-0.05, 0) is 43.9 Å². The molecule has 1 fully saturated rings. The lowest BCUT2D eigenvalue weighted by molar-refractivity contribution is -0.153. The number of likely N-dealkylation sites (tertiary alicyclic amines) is 1. The van der Waals surface area contributed by atoms with Gasteiger partial charge in [-0.1, -0.05) is 25.0 Å². The number of carbonyl (C=O) groups is 2. The Morgan fingerprint density at radius 3 is 2.43 bits per heavy atom. The van der Waals surface area contributed by atoms with Crippen LogP contribution in [0.5, 0.6) is 5.75 Å². The van der Waals surface area contributed by atoms with E-state index in [4.69, 9.17) is 9.47 Å². The Kier molecular flexibility index (Phi) is 6.44. The van der Waals surface area contributed by atoms with E-state index in [0.29, 0.717) is 5.75 Å². The van der Waals surface area contributed by atoms with Crippen molar-refractivity contribution in [1.82, 2.24) is 4.90 Å². The number of rotatable bonds is 5. The molecule has 0 saturated carbocycles. The number of hydrogen-bond donors (Lipinski definition) is 0. The van der Waals surface area contributed by atoms with E-state index in [2.05, 4.69) is 0 Å². The molecule has 1 aliphatic heterocycles. The van der Waals surface area contributed by atoms with Crippen LogP contribution in [0.1, 0.15) is 36.8 Å². The van der Waals surface area contributed by atoms with Crippen LogP contribution >= 0.6 is 0 Å². The summed E-state index contributed by atoms with van der Waals surface area (Å²) in [6.45, 7) is 5.02. The number of benzene rings is 1. The first kappa shape index (κ1) is 17.3. The van der Waals surface area contributed by atoms with E-state index < -0.39 is 5.97 Å². The summed E-state index contributed by atoms with van der Waals surface area (Å²) in [7, 11) is 0. The molecule has 126 valence electrons. The van der Waals surface area contributed by atoms with Gasteiger partial charge in [0.15, 0.2) is 13.2 Å². The third kappa shape index (κ3) is 5.58. The van der Waals surface area contributed by atoms with Crippen molar-refractivity contribution in [1.29, 1.82) is 0 Å². The summed E-state index contributed by atoms with van der Waals surface area (Å²) < 4.78 is 10.5. The minimum atomic E-state index is -0.519. The minimum Gasteiger partial charge on any atom is -0.482 e. The number of ether oxygens (including phenoxy) is 2. The molecule has 0 bridgehead atoms. The number of esters is 1. The molecule has 1 aromatic rings. The summed E-state index contributed by atoms with van der Waals surface area (Å²) in [6.07, 6.45) is 4.37. The molecule has 23 heavy (non-hydrogen) atoms. The maximum atomic E-state index is 12.0. The molecule has 2 rings (SSSR count). The standard InChI is InChI=1S/C18H25NO4/c1-14-7-8-15(2)16(11-14)22-13-18(21)23-12-17(20)19-9-5-3-4-6-10-19/h7-8,11H,3-6,9-10,12-13H2,1-2H3. The van der Waals surface area contributed by atoms with Crippen LogP contribution in [0.4, 0.5) is 0 Å². The van der Waals surface area contributed by atoms with Crippen LogP contribution < -0.4 is 4.74 Å². The maximum absolute atomic E-state index is 12.0. The largest absolute Gasteiger partial charge is 0.482 e. The van der Waals surface area contributed by atoms with Crippen molar-refractivity contribution >= 4 is 11.9 Å². The van der Waals surface area contributed by atoms with Gasteiger partial charge in [0.2, 0.25) is 0 Å². The Hall–Kier alpha value is -2.04. The normalized spacial score (nSPS) is 15.0. The monoisotopic (exact) mass is 319 g/mol. The van der Waals surface area contributed by atoms with Crippen molar-refractivity contribution in [3.8, 4) is 5.75 Å². The predicted octanol–water partition coefficient (Wildman–Crippen LogP) is 2.63. The maximum Gasteiger partial charge on any atom is 0.344 e. The number of carbonyl (C=O) groups excluding carboxylic acids is 2. The molecule has 1 aromatic carbocycles. The van der Waals surface area contributed by atoms with E-state index in [-0.39, 0.29) is 19.1 Å². The molecular formula is C18H25NO4. The van der Waals surface area contributed by atoms with E-state index in [1.165, 1.54) is 0 Å². The lowest BCUT2D eigenvalue weighted by atomic mass is 10.1. The average Bonchev–Trinajstić information content (AvgIpc) is 2.82. The number of amides is 1. The molecule has 5 nitrogen and oxygen atoms in total. The van der Waals surface area contributed by atoms with Crippen LogP contribution in [-0.4, -0.2) is 43.1 Å². The lowest BCUT2D eigenvalue weighted by Crippen LogP contribution is -2.35. The summed E-state index contributed by atoms with van der Waals surface area (Å²) in [4.78, 5) is 25.6. The average molecular weight is 319 g/mol. The molecule has 1 amide bonds. The highest BCUT2D eigenvalue weighted by molar-refractivity contribution is 5.81. The second kappa shape index (κ2) is 8.56. The van der Waals surface area contributed by atoms with Crippen molar-refractivity contribution in [3.63, 3.8) is 0 Å². The molecule has 0 radical (unpaired) electrons. The van der Waals surface area contributed by atoms with Crippen LogP contribution in [-0.2, 0) is 14.3 Å². The van der Waals surface area contributed by atoms with Gasteiger partial charge in [0.1, 0.15) is 5.75 Å². The molecule has 0 aliphatic carbocycles. The van der Waals surface area contributed by atoms with Gasteiger partial charge in [0, 0.05) is 13.1 Å². The number of aryl methyl sites for hydroxylation is 2.